The molecule has 0 unspecified atom stereocenters. The molecule has 13 heteroatoms. The summed E-state index contributed by atoms with van der Waals surface area (Å²) in [6.07, 6.45) is 2.30. The van der Waals surface area contributed by atoms with Gasteiger partial charge in [0.25, 0.3) is 5.91 Å². The van der Waals surface area contributed by atoms with Crippen molar-refractivity contribution in [3.05, 3.63) is 100 Å². The lowest BCUT2D eigenvalue weighted by molar-refractivity contribution is -0.138. The number of hydrogen-bond donors (Lipinski definition) is 2. The van der Waals surface area contributed by atoms with Crippen molar-refractivity contribution in [1.82, 2.24) is 24.3 Å². The zero-order valence-electron chi connectivity index (χ0n) is 23.5. The van der Waals surface area contributed by atoms with E-state index in [1.807, 2.05) is 34.6 Å². The monoisotopic (exact) mass is 665 g/mol. The number of pyridine rings is 1. The van der Waals surface area contributed by atoms with Crippen molar-refractivity contribution in [3.63, 3.8) is 0 Å². The van der Waals surface area contributed by atoms with E-state index in [2.05, 4.69) is 36.5 Å². The second-order valence-electron chi connectivity index (χ2n) is 10.4. The number of carbonyl (C=O) groups excluding carboxylic acids is 1. The molecular weight excluding hydrogens is 639 g/mol. The molecule has 0 bridgehead atoms. The summed E-state index contributed by atoms with van der Waals surface area (Å²) in [5.74, 6) is -0.186. The van der Waals surface area contributed by atoms with Crippen LogP contribution >= 0.6 is 15.9 Å². The fourth-order valence-corrected chi connectivity index (χ4v) is 5.35. The number of amides is 1. The molecule has 2 N–H and O–H groups in total. The van der Waals surface area contributed by atoms with Crippen LogP contribution in [0.4, 0.5) is 30.4 Å². The lowest BCUT2D eigenvalue weighted by Gasteiger charge is -2.27. The molecule has 0 spiro atoms. The Hall–Kier alpha value is -4.33. The third-order valence-electron chi connectivity index (χ3n) is 7.33. The average molecular weight is 667 g/mol. The van der Waals surface area contributed by atoms with Crippen molar-refractivity contribution in [2.24, 2.45) is 0 Å². The van der Waals surface area contributed by atoms with Crippen molar-refractivity contribution in [2.75, 3.05) is 36.9 Å². The predicted octanol–water partition coefficient (Wildman–Crippen LogP) is 6.71. The molecule has 5 aromatic rings. The maximum Gasteiger partial charge on any atom is 0.416 e. The fourth-order valence-electron chi connectivity index (χ4n) is 4.98. The van der Waals surface area contributed by atoms with Crippen LogP contribution in [0.15, 0.2) is 77.9 Å². The average Bonchev–Trinajstić information content (AvgIpc) is 3.40. The summed E-state index contributed by atoms with van der Waals surface area (Å²) >= 11 is 3.52. The van der Waals surface area contributed by atoms with Crippen LogP contribution < -0.4 is 10.6 Å². The standard InChI is InChI=1S/C31H27BrF3N7O2/c1-19-4-7-23(38-30(43)20-5-6-22(24(13-20)31(33,34)35)17-41-9-11-44-12-10-41)14-25(19)39-28-29-37-16-27(32)42(29)18-26(40-28)21-3-2-8-36-15-21/h2-8,13-16,18H,9-12,17H2,1H3,(H,38,43)(H,39,40). The van der Waals surface area contributed by atoms with Crippen LogP contribution in [0.1, 0.15) is 27.0 Å². The fraction of sp³-hybridized carbons (Fsp3) is 0.226. The van der Waals surface area contributed by atoms with Crippen LogP contribution in [0.5, 0.6) is 0 Å². The highest BCUT2D eigenvalue weighted by Gasteiger charge is 2.34. The van der Waals surface area contributed by atoms with Crippen LogP contribution in [0.2, 0.25) is 0 Å². The number of halogens is 4. The minimum Gasteiger partial charge on any atom is -0.379 e. The molecule has 0 aliphatic carbocycles. The number of aromatic nitrogens is 4. The number of anilines is 3. The molecular formula is C31H27BrF3N7O2. The quantitative estimate of drug-likeness (QED) is 0.199. The Labute approximate surface area is 259 Å². The van der Waals surface area contributed by atoms with Gasteiger partial charge in [-0.05, 0) is 70.4 Å². The zero-order valence-corrected chi connectivity index (χ0v) is 25.1. The molecule has 6 rings (SSSR count). The number of carbonyl (C=O) groups is 1. The van der Waals surface area contributed by atoms with Crippen molar-refractivity contribution in [2.45, 2.75) is 19.6 Å². The summed E-state index contributed by atoms with van der Waals surface area (Å²) in [4.78, 5) is 28.5. The number of aryl methyl sites for hydroxylation is 1. The Bertz CT molecular complexity index is 1820. The highest BCUT2D eigenvalue weighted by atomic mass is 79.9. The first-order valence-electron chi connectivity index (χ1n) is 13.8. The molecule has 4 heterocycles. The third-order valence-corrected chi connectivity index (χ3v) is 7.91. The van der Waals surface area contributed by atoms with E-state index < -0.39 is 17.6 Å². The molecule has 0 radical (unpaired) electrons. The molecule has 0 saturated carbocycles. The van der Waals surface area contributed by atoms with Crippen LogP contribution in [0.3, 0.4) is 0 Å². The minimum atomic E-state index is -4.61. The van der Waals surface area contributed by atoms with E-state index in [-0.39, 0.29) is 17.7 Å². The summed E-state index contributed by atoms with van der Waals surface area (Å²) in [6, 6.07) is 12.6. The van der Waals surface area contributed by atoms with Gasteiger partial charge in [-0.3, -0.25) is 19.1 Å². The van der Waals surface area contributed by atoms with E-state index in [1.165, 1.54) is 12.1 Å². The molecule has 0 atom stereocenters. The first-order valence-corrected chi connectivity index (χ1v) is 14.6. The Morgan fingerprint density at radius 3 is 2.66 bits per heavy atom. The maximum absolute atomic E-state index is 14.0. The third kappa shape index (κ3) is 6.44. The molecule has 1 aliphatic heterocycles. The molecule has 1 amide bonds. The van der Waals surface area contributed by atoms with E-state index in [4.69, 9.17) is 9.72 Å². The van der Waals surface area contributed by atoms with Gasteiger partial charge in [-0.1, -0.05) is 12.1 Å². The first kappa shape index (κ1) is 29.7. The van der Waals surface area contributed by atoms with Gasteiger partial charge in [-0.25, -0.2) is 9.97 Å². The van der Waals surface area contributed by atoms with Crippen molar-refractivity contribution >= 4 is 44.7 Å². The van der Waals surface area contributed by atoms with E-state index in [9.17, 15) is 18.0 Å². The number of fused-ring (bicyclic) bond motifs is 1. The van der Waals surface area contributed by atoms with Gasteiger partial charge in [-0.2, -0.15) is 13.2 Å². The van der Waals surface area contributed by atoms with Gasteiger partial charge in [-0.15, -0.1) is 0 Å². The smallest absolute Gasteiger partial charge is 0.379 e. The van der Waals surface area contributed by atoms with E-state index >= 15 is 0 Å². The summed E-state index contributed by atoms with van der Waals surface area (Å²) in [6.45, 7) is 4.08. The second kappa shape index (κ2) is 12.3. The van der Waals surface area contributed by atoms with Crippen LogP contribution in [0.25, 0.3) is 16.9 Å². The molecule has 44 heavy (non-hydrogen) atoms. The van der Waals surface area contributed by atoms with E-state index in [0.29, 0.717) is 54.8 Å². The maximum atomic E-state index is 14.0. The summed E-state index contributed by atoms with van der Waals surface area (Å²) in [7, 11) is 0. The predicted molar refractivity (Wildman–Crippen MR) is 164 cm³/mol. The largest absolute Gasteiger partial charge is 0.416 e. The lowest BCUT2D eigenvalue weighted by atomic mass is 10.0. The van der Waals surface area contributed by atoms with Crippen LogP contribution in [-0.4, -0.2) is 56.5 Å². The minimum absolute atomic E-state index is 0.0899. The number of nitrogens with zero attached hydrogens (tertiary/aromatic N) is 5. The van der Waals surface area contributed by atoms with Crippen LogP contribution in [0, 0.1) is 6.92 Å². The molecule has 3 aromatic heterocycles. The molecule has 1 aliphatic rings. The van der Waals surface area contributed by atoms with E-state index in [1.54, 1.807) is 36.8 Å². The molecule has 9 nitrogen and oxygen atoms in total. The molecule has 1 saturated heterocycles. The van der Waals surface area contributed by atoms with Crippen molar-refractivity contribution in [1.29, 1.82) is 0 Å². The molecule has 2 aromatic carbocycles. The summed E-state index contributed by atoms with van der Waals surface area (Å²) in [5, 5.41) is 6.06. The topological polar surface area (TPSA) is 96.7 Å². The highest BCUT2D eigenvalue weighted by Crippen LogP contribution is 2.34. The van der Waals surface area contributed by atoms with Gasteiger partial charge in [0.05, 0.1) is 30.7 Å². The first-order chi connectivity index (χ1) is 21.2. The van der Waals surface area contributed by atoms with Gasteiger partial charge in [0.2, 0.25) is 0 Å². The normalized spacial score (nSPS) is 14.1. The van der Waals surface area contributed by atoms with Crippen molar-refractivity contribution < 1.29 is 22.7 Å². The number of benzene rings is 2. The Morgan fingerprint density at radius 1 is 1.09 bits per heavy atom. The Kier molecular flexibility index (Phi) is 8.34. The van der Waals surface area contributed by atoms with Gasteiger partial charge in [0.1, 0.15) is 4.60 Å². The number of morpholine rings is 1. The van der Waals surface area contributed by atoms with Crippen LogP contribution in [-0.2, 0) is 17.5 Å². The highest BCUT2D eigenvalue weighted by molar-refractivity contribution is 9.10. The zero-order chi connectivity index (χ0) is 30.8. The molecule has 1 fully saturated rings. The number of nitrogens with one attached hydrogen (secondary N) is 2. The van der Waals surface area contributed by atoms with Gasteiger partial charge in [0, 0.05) is 60.7 Å². The van der Waals surface area contributed by atoms with Gasteiger partial charge < -0.3 is 15.4 Å². The molecule has 226 valence electrons. The second-order valence-corrected chi connectivity index (χ2v) is 11.2. The van der Waals surface area contributed by atoms with Gasteiger partial charge in [0.15, 0.2) is 11.5 Å². The Morgan fingerprint density at radius 2 is 1.91 bits per heavy atom. The summed E-state index contributed by atoms with van der Waals surface area (Å²) in [5.41, 5.74) is 3.13. The van der Waals surface area contributed by atoms with Gasteiger partial charge >= 0.3 is 6.18 Å². The number of rotatable bonds is 7. The summed E-state index contributed by atoms with van der Waals surface area (Å²) < 4.78 is 50.0. The number of alkyl halides is 3. The Balaban J connectivity index is 1.26. The SMILES string of the molecule is Cc1ccc(NC(=O)c2ccc(CN3CCOCC3)c(C(F)(F)F)c2)cc1Nc1nc(-c2cccnc2)cn2c(Br)cnc12. The van der Waals surface area contributed by atoms with E-state index in [0.717, 1.165) is 21.8 Å². The number of imidazole rings is 1. The number of ether oxygens (including phenoxy) is 1. The number of hydrogen-bond acceptors (Lipinski definition) is 7. The lowest BCUT2D eigenvalue weighted by Crippen LogP contribution is -2.36. The van der Waals surface area contributed by atoms with Crippen molar-refractivity contribution in [3.8, 4) is 11.3 Å².